The summed E-state index contributed by atoms with van der Waals surface area (Å²) in [7, 11) is 0. The van der Waals surface area contributed by atoms with Gasteiger partial charge in [0.25, 0.3) is 0 Å². The van der Waals surface area contributed by atoms with Gasteiger partial charge in [-0.3, -0.25) is 0 Å². The standard InChI is InChI=1S/C16H28F3N/c1-3-5-6-10-15(20-11-4-2)13-8-7-9-14(12-13)16(17,18)19/h3,13-15,20H,1,4-12H2,2H3. The van der Waals surface area contributed by atoms with E-state index in [1.54, 1.807) is 0 Å². The first kappa shape index (κ1) is 17.5. The van der Waals surface area contributed by atoms with Crippen molar-refractivity contribution in [1.82, 2.24) is 5.32 Å². The lowest BCUT2D eigenvalue weighted by Gasteiger charge is -2.36. The van der Waals surface area contributed by atoms with Crippen molar-refractivity contribution >= 4 is 0 Å². The van der Waals surface area contributed by atoms with Crippen LogP contribution in [0, 0.1) is 11.8 Å². The first-order valence-corrected chi connectivity index (χ1v) is 7.90. The Morgan fingerprint density at radius 1 is 1.35 bits per heavy atom. The maximum atomic E-state index is 12.9. The van der Waals surface area contributed by atoms with Crippen molar-refractivity contribution in [2.24, 2.45) is 11.8 Å². The zero-order valence-corrected chi connectivity index (χ0v) is 12.5. The Balaban J connectivity index is 2.56. The van der Waals surface area contributed by atoms with Crippen LogP contribution in [0.2, 0.25) is 0 Å². The topological polar surface area (TPSA) is 12.0 Å². The minimum absolute atomic E-state index is 0.173. The molecule has 0 amide bonds. The van der Waals surface area contributed by atoms with Crippen molar-refractivity contribution in [2.75, 3.05) is 6.54 Å². The van der Waals surface area contributed by atoms with Gasteiger partial charge in [0.1, 0.15) is 0 Å². The molecule has 0 aromatic carbocycles. The van der Waals surface area contributed by atoms with Crippen LogP contribution in [0.3, 0.4) is 0 Å². The summed E-state index contributed by atoms with van der Waals surface area (Å²) < 4.78 is 38.7. The lowest BCUT2D eigenvalue weighted by atomic mass is 9.76. The fraction of sp³-hybridized carbons (Fsp3) is 0.875. The molecule has 0 aliphatic heterocycles. The molecule has 1 N–H and O–H groups in total. The molecule has 0 aromatic heterocycles. The molecule has 1 saturated carbocycles. The normalized spacial score (nSPS) is 25.4. The fourth-order valence-corrected chi connectivity index (χ4v) is 3.21. The molecule has 3 unspecified atom stereocenters. The van der Waals surface area contributed by atoms with E-state index in [2.05, 4.69) is 18.8 Å². The summed E-state index contributed by atoms with van der Waals surface area (Å²) in [6.45, 7) is 6.69. The van der Waals surface area contributed by atoms with E-state index >= 15 is 0 Å². The predicted octanol–water partition coefficient (Wildman–Crippen LogP) is 5.08. The number of rotatable bonds is 8. The van der Waals surface area contributed by atoms with Gasteiger partial charge in [0.05, 0.1) is 5.92 Å². The van der Waals surface area contributed by atoms with Crippen LogP contribution in [0.25, 0.3) is 0 Å². The van der Waals surface area contributed by atoms with Gasteiger partial charge < -0.3 is 5.32 Å². The Morgan fingerprint density at radius 3 is 2.70 bits per heavy atom. The van der Waals surface area contributed by atoms with E-state index in [9.17, 15) is 13.2 Å². The van der Waals surface area contributed by atoms with Gasteiger partial charge >= 0.3 is 6.18 Å². The largest absolute Gasteiger partial charge is 0.391 e. The monoisotopic (exact) mass is 291 g/mol. The van der Waals surface area contributed by atoms with E-state index < -0.39 is 12.1 Å². The Morgan fingerprint density at radius 2 is 2.10 bits per heavy atom. The molecule has 1 rings (SSSR count). The number of nitrogens with one attached hydrogen (secondary N) is 1. The Bertz CT molecular complexity index is 275. The molecule has 4 heteroatoms. The zero-order chi connectivity index (χ0) is 15.0. The number of hydrogen-bond acceptors (Lipinski definition) is 1. The van der Waals surface area contributed by atoms with Crippen LogP contribution >= 0.6 is 0 Å². The Hall–Kier alpha value is -0.510. The van der Waals surface area contributed by atoms with Crippen LogP contribution in [-0.2, 0) is 0 Å². The minimum atomic E-state index is -4.02. The third-order valence-electron chi connectivity index (χ3n) is 4.33. The van der Waals surface area contributed by atoms with Crippen molar-refractivity contribution in [2.45, 2.75) is 70.5 Å². The first-order valence-electron chi connectivity index (χ1n) is 7.90. The number of unbranched alkanes of at least 4 members (excludes halogenated alkanes) is 1. The molecule has 0 heterocycles. The highest BCUT2D eigenvalue weighted by atomic mass is 19.4. The van der Waals surface area contributed by atoms with Gasteiger partial charge in [0, 0.05) is 6.04 Å². The molecule has 0 aromatic rings. The molecule has 3 atom stereocenters. The van der Waals surface area contributed by atoms with E-state index in [-0.39, 0.29) is 12.0 Å². The van der Waals surface area contributed by atoms with Crippen molar-refractivity contribution in [3.05, 3.63) is 12.7 Å². The van der Waals surface area contributed by atoms with Gasteiger partial charge in [-0.25, -0.2) is 0 Å². The average Bonchev–Trinajstić information content (AvgIpc) is 2.42. The smallest absolute Gasteiger partial charge is 0.314 e. The number of alkyl halides is 3. The van der Waals surface area contributed by atoms with Gasteiger partial charge in [-0.1, -0.05) is 19.4 Å². The summed E-state index contributed by atoms with van der Waals surface area (Å²) in [6, 6.07) is 0.236. The Kier molecular flexibility index (Phi) is 7.63. The Labute approximate surface area is 121 Å². The third kappa shape index (κ3) is 5.86. The molecular formula is C16H28F3N. The van der Waals surface area contributed by atoms with E-state index in [0.717, 1.165) is 38.6 Å². The first-order chi connectivity index (χ1) is 9.49. The molecular weight excluding hydrogens is 263 g/mol. The van der Waals surface area contributed by atoms with E-state index in [0.29, 0.717) is 19.3 Å². The fourth-order valence-electron chi connectivity index (χ4n) is 3.21. The van der Waals surface area contributed by atoms with Crippen LogP contribution in [0.4, 0.5) is 13.2 Å². The van der Waals surface area contributed by atoms with Crippen molar-refractivity contribution in [3.8, 4) is 0 Å². The van der Waals surface area contributed by atoms with Crippen LogP contribution < -0.4 is 5.32 Å². The molecule has 1 aliphatic carbocycles. The summed E-state index contributed by atoms with van der Waals surface area (Å²) in [5, 5.41) is 3.47. The van der Waals surface area contributed by atoms with Crippen molar-refractivity contribution in [3.63, 3.8) is 0 Å². The van der Waals surface area contributed by atoms with Crippen LogP contribution in [-0.4, -0.2) is 18.8 Å². The molecule has 1 aliphatic rings. The predicted molar refractivity (Wildman–Crippen MR) is 77.6 cm³/mol. The second kappa shape index (κ2) is 8.71. The molecule has 0 radical (unpaired) electrons. The highest BCUT2D eigenvalue weighted by Gasteiger charge is 2.43. The minimum Gasteiger partial charge on any atom is -0.314 e. The van der Waals surface area contributed by atoms with Crippen LogP contribution in [0.5, 0.6) is 0 Å². The zero-order valence-electron chi connectivity index (χ0n) is 12.5. The number of hydrogen-bond donors (Lipinski definition) is 1. The SMILES string of the molecule is C=CCCCC(NCCC)C1CCCC(C(F)(F)F)C1. The van der Waals surface area contributed by atoms with Crippen LogP contribution in [0.1, 0.15) is 58.3 Å². The van der Waals surface area contributed by atoms with Crippen molar-refractivity contribution in [1.29, 1.82) is 0 Å². The molecule has 0 bridgehead atoms. The van der Waals surface area contributed by atoms with Gasteiger partial charge in [-0.15, -0.1) is 6.58 Å². The summed E-state index contributed by atoms with van der Waals surface area (Å²) >= 11 is 0. The maximum Gasteiger partial charge on any atom is 0.391 e. The molecule has 20 heavy (non-hydrogen) atoms. The molecule has 1 fully saturated rings. The highest BCUT2D eigenvalue weighted by Crippen LogP contribution is 2.41. The van der Waals surface area contributed by atoms with Gasteiger partial charge in [0.15, 0.2) is 0 Å². The second-order valence-corrected chi connectivity index (χ2v) is 5.95. The highest BCUT2D eigenvalue weighted by molar-refractivity contribution is 4.85. The van der Waals surface area contributed by atoms with Gasteiger partial charge in [0.2, 0.25) is 0 Å². The number of allylic oxidation sites excluding steroid dienone is 1. The maximum absolute atomic E-state index is 12.9. The summed E-state index contributed by atoms with van der Waals surface area (Å²) in [6.07, 6.45) is 4.06. The molecule has 0 saturated heterocycles. The second-order valence-electron chi connectivity index (χ2n) is 5.95. The van der Waals surface area contributed by atoms with E-state index in [1.165, 1.54) is 0 Å². The summed E-state index contributed by atoms with van der Waals surface area (Å²) in [5.74, 6) is -0.918. The molecule has 118 valence electrons. The van der Waals surface area contributed by atoms with Crippen molar-refractivity contribution < 1.29 is 13.2 Å². The lowest BCUT2D eigenvalue weighted by Crippen LogP contribution is -2.41. The lowest BCUT2D eigenvalue weighted by molar-refractivity contribution is -0.186. The molecule has 1 nitrogen and oxygen atoms in total. The van der Waals surface area contributed by atoms with Gasteiger partial charge in [-0.2, -0.15) is 13.2 Å². The van der Waals surface area contributed by atoms with Gasteiger partial charge in [-0.05, 0) is 57.4 Å². The quantitative estimate of drug-likeness (QED) is 0.486. The average molecular weight is 291 g/mol. The summed E-state index contributed by atoms with van der Waals surface area (Å²) in [5.41, 5.74) is 0. The van der Waals surface area contributed by atoms with E-state index in [4.69, 9.17) is 0 Å². The third-order valence-corrected chi connectivity index (χ3v) is 4.33. The molecule has 0 spiro atoms. The van der Waals surface area contributed by atoms with Crippen LogP contribution in [0.15, 0.2) is 12.7 Å². The summed E-state index contributed by atoms with van der Waals surface area (Å²) in [4.78, 5) is 0. The number of halogens is 3. The van der Waals surface area contributed by atoms with E-state index in [1.807, 2.05) is 6.08 Å².